The summed E-state index contributed by atoms with van der Waals surface area (Å²) in [5.41, 5.74) is 0. The van der Waals surface area contributed by atoms with E-state index in [2.05, 4.69) is 25.5 Å². The average molecular weight is 295 g/mol. The highest BCUT2D eigenvalue weighted by atomic mass is 35.5. The number of aromatic nitrogens is 6. The lowest BCUT2D eigenvalue weighted by Crippen LogP contribution is -2.00. The Morgan fingerprint density at radius 2 is 2.05 bits per heavy atom. The van der Waals surface area contributed by atoms with Gasteiger partial charge in [0.2, 0.25) is 5.16 Å². The van der Waals surface area contributed by atoms with Gasteiger partial charge in [0.15, 0.2) is 0 Å². The van der Waals surface area contributed by atoms with E-state index in [0.717, 1.165) is 41.7 Å². The standard InChI is InChI=1S/C11H11ClN6S/c12-8-5-9(14-10(13-8)6-1-2-6)19-11-15-16-17-18(11)7-3-4-7/h5-7H,1-4H2. The topological polar surface area (TPSA) is 69.4 Å². The lowest BCUT2D eigenvalue weighted by Gasteiger charge is -2.04. The minimum absolute atomic E-state index is 0.456. The lowest BCUT2D eigenvalue weighted by molar-refractivity contribution is 0.565. The molecule has 2 aromatic heterocycles. The molecule has 19 heavy (non-hydrogen) atoms. The highest BCUT2D eigenvalue weighted by Gasteiger charge is 2.29. The first-order valence-electron chi connectivity index (χ1n) is 6.30. The molecule has 0 aromatic carbocycles. The predicted molar refractivity (Wildman–Crippen MR) is 69.2 cm³/mol. The quantitative estimate of drug-likeness (QED) is 0.807. The third-order valence-corrected chi connectivity index (χ3v) is 4.25. The summed E-state index contributed by atoms with van der Waals surface area (Å²) in [4.78, 5) is 8.83. The highest BCUT2D eigenvalue weighted by molar-refractivity contribution is 7.99. The van der Waals surface area contributed by atoms with E-state index >= 15 is 0 Å². The van der Waals surface area contributed by atoms with Gasteiger partial charge in [0.1, 0.15) is 16.0 Å². The third kappa shape index (κ3) is 2.44. The third-order valence-electron chi connectivity index (χ3n) is 3.18. The Bertz CT molecular complexity index is 621. The zero-order valence-electron chi connectivity index (χ0n) is 10.0. The molecule has 0 atom stereocenters. The SMILES string of the molecule is Clc1cc(Sc2nnnn2C2CC2)nc(C2CC2)n1. The minimum Gasteiger partial charge on any atom is -0.226 e. The van der Waals surface area contributed by atoms with Crippen molar-refractivity contribution in [3.63, 3.8) is 0 Å². The maximum Gasteiger partial charge on any atom is 0.215 e. The van der Waals surface area contributed by atoms with Crippen LogP contribution in [0.4, 0.5) is 0 Å². The lowest BCUT2D eigenvalue weighted by atomic mass is 10.4. The number of hydrogen-bond donors (Lipinski definition) is 0. The average Bonchev–Trinajstić information content (AvgIpc) is 3.29. The summed E-state index contributed by atoms with van der Waals surface area (Å²) in [6, 6.07) is 2.22. The van der Waals surface area contributed by atoms with Gasteiger partial charge in [-0.2, -0.15) is 0 Å². The van der Waals surface area contributed by atoms with Gasteiger partial charge in [0.05, 0.1) is 6.04 Å². The molecule has 2 fully saturated rings. The highest BCUT2D eigenvalue weighted by Crippen LogP contribution is 2.40. The number of rotatable bonds is 4. The number of nitrogens with zero attached hydrogens (tertiary/aromatic N) is 6. The van der Waals surface area contributed by atoms with Crippen LogP contribution in [0.15, 0.2) is 16.2 Å². The van der Waals surface area contributed by atoms with E-state index in [9.17, 15) is 0 Å². The van der Waals surface area contributed by atoms with Gasteiger partial charge in [-0.3, -0.25) is 0 Å². The van der Waals surface area contributed by atoms with E-state index in [1.165, 1.54) is 11.8 Å². The number of hydrogen-bond acceptors (Lipinski definition) is 6. The van der Waals surface area contributed by atoms with E-state index in [-0.39, 0.29) is 0 Å². The van der Waals surface area contributed by atoms with Crippen molar-refractivity contribution < 1.29 is 0 Å². The zero-order valence-corrected chi connectivity index (χ0v) is 11.6. The molecule has 0 saturated heterocycles. The Kier molecular flexibility index (Phi) is 2.70. The first-order chi connectivity index (χ1) is 9.29. The normalized spacial score (nSPS) is 18.8. The van der Waals surface area contributed by atoms with Crippen LogP contribution in [0.3, 0.4) is 0 Å². The van der Waals surface area contributed by atoms with Gasteiger partial charge in [0.25, 0.3) is 0 Å². The molecule has 2 heterocycles. The van der Waals surface area contributed by atoms with E-state index in [1.807, 2.05) is 4.68 Å². The molecule has 0 bridgehead atoms. The molecular formula is C11H11ClN6S. The largest absolute Gasteiger partial charge is 0.226 e. The second kappa shape index (κ2) is 4.42. The van der Waals surface area contributed by atoms with Crippen LogP contribution in [0.1, 0.15) is 43.5 Å². The molecular weight excluding hydrogens is 284 g/mol. The van der Waals surface area contributed by atoms with Gasteiger partial charge in [-0.1, -0.05) is 11.6 Å². The summed E-state index contributed by atoms with van der Waals surface area (Å²) in [5.74, 6) is 1.33. The molecule has 0 N–H and O–H groups in total. The number of halogens is 1. The first kappa shape index (κ1) is 11.6. The second-order valence-corrected chi connectivity index (χ2v) is 6.28. The van der Waals surface area contributed by atoms with Crippen molar-refractivity contribution in [1.29, 1.82) is 0 Å². The molecule has 0 radical (unpaired) electrons. The van der Waals surface area contributed by atoms with Gasteiger partial charge < -0.3 is 0 Å². The van der Waals surface area contributed by atoms with Crippen LogP contribution in [0.5, 0.6) is 0 Å². The summed E-state index contributed by atoms with van der Waals surface area (Å²) >= 11 is 7.51. The Hall–Kier alpha value is -1.21. The maximum atomic E-state index is 6.05. The van der Waals surface area contributed by atoms with E-state index in [4.69, 9.17) is 11.6 Å². The molecule has 0 unspecified atom stereocenters. The Labute approximate surface area is 119 Å². The van der Waals surface area contributed by atoms with Gasteiger partial charge in [0, 0.05) is 12.0 Å². The van der Waals surface area contributed by atoms with Crippen molar-refractivity contribution in [3.8, 4) is 0 Å². The van der Waals surface area contributed by atoms with Crippen LogP contribution < -0.4 is 0 Å². The minimum atomic E-state index is 0.456. The van der Waals surface area contributed by atoms with Crippen LogP contribution >= 0.6 is 23.4 Å². The molecule has 2 aliphatic carbocycles. The predicted octanol–water partition coefficient (Wildman–Crippen LogP) is 2.48. The summed E-state index contributed by atoms with van der Waals surface area (Å²) in [7, 11) is 0. The zero-order chi connectivity index (χ0) is 12.8. The molecule has 0 aliphatic heterocycles. The van der Waals surface area contributed by atoms with E-state index in [1.54, 1.807) is 6.07 Å². The first-order valence-corrected chi connectivity index (χ1v) is 7.49. The molecule has 2 saturated carbocycles. The summed E-state index contributed by atoms with van der Waals surface area (Å²) in [5, 5.41) is 13.9. The fourth-order valence-electron chi connectivity index (χ4n) is 1.88. The monoisotopic (exact) mass is 294 g/mol. The van der Waals surface area contributed by atoms with Crippen molar-refractivity contribution in [2.45, 2.75) is 47.8 Å². The molecule has 0 amide bonds. The molecule has 2 aromatic rings. The molecule has 8 heteroatoms. The Balaban J connectivity index is 1.63. The van der Waals surface area contributed by atoms with Crippen molar-refractivity contribution in [2.24, 2.45) is 0 Å². The second-order valence-electron chi connectivity index (χ2n) is 4.90. The van der Waals surface area contributed by atoms with Crippen LogP contribution in [0.2, 0.25) is 5.15 Å². The molecule has 0 spiro atoms. The van der Waals surface area contributed by atoms with Gasteiger partial charge in [-0.05, 0) is 47.9 Å². The van der Waals surface area contributed by atoms with Crippen molar-refractivity contribution in [1.82, 2.24) is 30.2 Å². The van der Waals surface area contributed by atoms with E-state index in [0.29, 0.717) is 17.1 Å². The summed E-state index contributed by atoms with van der Waals surface area (Å²) in [6.07, 6.45) is 4.61. The smallest absolute Gasteiger partial charge is 0.215 e. The molecule has 2 aliphatic rings. The van der Waals surface area contributed by atoms with Crippen LogP contribution in [0.25, 0.3) is 0 Å². The molecule has 4 rings (SSSR count). The van der Waals surface area contributed by atoms with Crippen molar-refractivity contribution in [2.75, 3.05) is 0 Å². The van der Waals surface area contributed by atoms with Crippen LogP contribution in [-0.2, 0) is 0 Å². The van der Waals surface area contributed by atoms with E-state index < -0.39 is 0 Å². The van der Waals surface area contributed by atoms with Crippen LogP contribution in [-0.4, -0.2) is 30.2 Å². The maximum absolute atomic E-state index is 6.05. The van der Waals surface area contributed by atoms with Crippen molar-refractivity contribution >= 4 is 23.4 Å². The number of tetrazole rings is 1. The van der Waals surface area contributed by atoms with Gasteiger partial charge in [-0.15, -0.1) is 5.10 Å². The van der Waals surface area contributed by atoms with Crippen molar-refractivity contribution in [3.05, 3.63) is 17.0 Å². The molecule has 6 nitrogen and oxygen atoms in total. The summed E-state index contributed by atoms with van der Waals surface area (Å²) in [6.45, 7) is 0. The van der Waals surface area contributed by atoms with Crippen LogP contribution in [0, 0.1) is 0 Å². The van der Waals surface area contributed by atoms with Gasteiger partial charge in [-0.25, -0.2) is 14.6 Å². The Morgan fingerprint density at radius 1 is 1.21 bits per heavy atom. The fourth-order valence-corrected chi connectivity index (χ4v) is 2.99. The fraction of sp³-hybridized carbons (Fsp3) is 0.545. The Morgan fingerprint density at radius 3 is 2.79 bits per heavy atom. The molecule has 98 valence electrons. The summed E-state index contributed by atoms with van der Waals surface area (Å²) < 4.78 is 1.87. The van der Waals surface area contributed by atoms with Gasteiger partial charge >= 0.3 is 0 Å².